The Labute approximate surface area is 122 Å². The van der Waals surface area contributed by atoms with Crippen LogP contribution in [0.1, 0.15) is 36.5 Å². The predicted octanol–water partition coefficient (Wildman–Crippen LogP) is 2.94. The average Bonchev–Trinajstić information content (AvgIpc) is 2.39. The van der Waals surface area contributed by atoms with E-state index >= 15 is 0 Å². The van der Waals surface area contributed by atoms with Gasteiger partial charge in [0, 0.05) is 29.5 Å². The van der Waals surface area contributed by atoms with Gasteiger partial charge in [-0.15, -0.1) is 0 Å². The molecule has 0 aliphatic rings. The van der Waals surface area contributed by atoms with Crippen molar-refractivity contribution < 1.29 is 9.59 Å². The van der Waals surface area contributed by atoms with Crippen molar-refractivity contribution in [1.29, 1.82) is 0 Å². The van der Waals surface area contributed by atoms with Gasteiger partial charge in [-0.3, -0.25) is 9.59 Å². The molecule has 0 bridgehead atoms. The Bertz CT molecular complexity index is 435. The van der Waals surface area contributed by atoms with Crippen molar-refractivity contribution in [3.63, 3.8) is 0 Å². The van der Waals surface area contributed by atoms with E-state index < -0.39 is 0 Å². The van der Waals surface area contributed by atoms with Crippen LogP contribution in [0.15, 0.2) is 24.3 Å². The van der Waals surface area contributed by atoms with E-state index in [1.807, 2.05) is 6.92 Å². The third-order valence-corrected chi connectivity index (χ3v) is 3.09. The minimum atomic E-state index is -0.127. The van der Waals surface area contributed by atoms with Crippen LogP contribution in [0.25, 0.3) is 0 Å². The lowest BCUT2D eigenvalue weighted by Gasteiger charge is -2.07. The summed E-state index contributed by atoms with van der Waals surface area (Å²) in [6.45, 7) is 2.45. The standard InChI is InChI=1S/C14H19BrN2O2/c1-2-16-14(19)11-6-5-7-12(10-11)17-13(18)8-3-4-9-15/h5-7,10H,2-4,8-9H2,1H3,(H,16,19)(H,17,18). The number of anilines is 1. The van der Waals surface area contributed by atoms with Crippen LogP contribution in [0.2, 0.25) is 0 Å². The highest BCUT2D eigenvalue weighted by Crippen LogP contribution is 2.11. The molecule has 2 amide bonds. The number of nitrogens with one attached hydrogen (secondary N) is 2. The first-order chi connectivity index (χ1) is 9.17. The number of benzene rings is 1. The van der Waals surface area contributed by atoms with Crippen LogP contribution in [0, 0.1) is 0 Å². The molecular weight excluding hydrogens is 308 g/mol. The van der Waals surface area contributed by atoms with Gasteiger partial charge >= 0.3 is 0 Å². The summed E-state index contributed by atoms with van der Waals surface area (Å²) in [6, 6.07) is 6.96. The second-order valence-electron chi connectivity index (χ2n) is 4.13. The summed E-state index contributed by atoms with van der Waals surface area (Å²) in [4.78, 5) is 23.3. The molecule has 0 unspecified atom stereocenters. The Morgan fingerprint density at radius 1 is 1.26 bits per heavy atom. The molecule has 104 valence electrons. The highest BCUT2D eigenvalue weighted by Gasteiger charge is 2.06. The van der Waals surface area contributed by atoms with Crippen LogP contribution in [-0.2, 0) is 4.79 Å². The van der Waals surface area contributed by atoms with Gasteiger partial charge in [0.2, 0.25) is 5.91 Å². The van der Waals surface area contributed by atoms with Gasteiger partial charge < -0.3 is 10.6 Å². The maximum absolute atomic E-state index is 11.7. The van der Waals surface area contributed by atoms with Crippen molar-refractivity contribution in [3.8, 4) is 0 Å². The van der Waals surface area contributed by atoms with Gasteiger partial charge in [0.25, 0.3) is 5.91 Å². The van der Waals surface area contributed by atoms with Crippen molar-refractivity contribution in [2.45, 2.75) is 26.2 Å². The molecule has 1 rings (SSSR count). The fourth-order valence-electron chi connectivity index (χ4n) is 1.60. The SMILES string of the molecule is CCNC(=O)c1cccc(NC(=O)CCCCBr)c1. The monoisotopic (exact) mass is 326 g/mol. The summed E-state index contributed by atoms with van der Waals surface area (Å²) in [6.07, 6.45) is 2.33. The fourth-order valence-corrected chi connectivity index (χ4v) is 2.00. The number of unbranched alkanes of at least 4 members (excludes halogenated alkanes) is 1. The predicted molar refractivity (Wildman–Crippen MR) is 80.7 cm³/mol. The van der Waals surface area contributed by atoms with Gasteiger partial charge in [0.05, 0.1) is 0 Å². The van der Waals surface area contributed by atoms with Crippen molar-refractivity contribution in [2.75, 3.05) is 17.2 Å². The smallest absolute Gasteiger partial charge is 0.251 e. The van der Waals surface area contributed by atoms with Crippen molar-refractivity contribution in [2.24, 2.45) is 0 Å². The average molecular weight is 327 g/mol. The molecule has 0 fully saturated rings. The molecule has 0 aliphatic heterocycles. The third kappa shape index (κ3) is 5.87. The van der Waals surface area contributed by atoms with E-state index in [1.54, 1.807) is 24.3 Å². The largest absolute Gasteiger partial charge is 0.352 e. The molecule has 2 N–H and O–H groups in total. The van der Waals surface area contributed by atoms with Crippen LogP contribution < -0.4 is 10.6 Å². The minimum absolute atomic E-state index is 0.0194. The molecule has 1 aromatic carbocycles. The number of hydrogen-bond donors (Lipinski definition) is 2. The van der Waals surface area contributed by atoms with Crippen LogP contribution >= 0.6 is 15.9 Å². The summed E-state index contributed by atoms with van der Waals surface area (Å²) in [5, 5.41) is 6.44. The molecule has 0 atom stereocenters. The Balaban J connectivity index is 2.56. The van der Waals surface area contributed by atoms with Gasteiger partial charge in [-0.05, 0) is 38.0 Å². The number of hydrogen-bond acceptors (Lipinski definition) is 2. The zero-order chi connectivity index (χ0) is 14.1. The Morgan fingerprint density at radius 3 is 2.74 bits per heavy atom. The van der Waals surface area contributed by atoms with Crippen LogP contribution in [-0.4, -0.2) is 23.7 Å². The van der Waals surface area contributed by atoms with Crippen LogP contribution in [0.5, 0.6) is 0 Å². The highest BCUT2D eigenvalue weighted by molar-refractivity contribution is 9.09. The third-order valence-electron chi connectivity index (χ3n) is 2.53. The van der Waals surface area contributed by atoms with Crippen LogP contribution in [0.4, 0.5) is 5.69 Å². The number of amides is 2. The molecule has 0 aliphatic carbocycles. The van der Waals surface area contributed by atoms with E-state index in [4.69, 9.17) is 0 Å². The van der Waals surface area contributed by atoms with Gasteiger partial charge in [-0.2, -0.15) is 0 Å². The Kier molecular flexibility index (Phi) is 7.18. The number of carbonyl (C=O) groups excluding carboxylic acids is 2. The van der Waals surface area contributed by atoms with Crippen molar-refractivity contribution >= 4 is 33.4 Å². The normalized spacial score (nSPS) is 10.0. The van der Waals surface area contributed by atoms with E-state index in [1.165, 1.54) is 0 Å². The molecule has 0 heterocycles. The number of rotatable bonds is 7. The summed E-state index contributed by atoms with van der Waals surface area (Å²) < 4.78 is 0. The Hall–Kier alpha value is -1.36. The van der Waals surface area contributed by atoms with E-state index in [-0.39, 0.29) is 11.8 Å². The quantitative estimate of drug-likeness (QED) is 0.597. The first-order valence-electron chi connectivity index (χ1n) is 6.41. The highest BCUT2D eigenvalue weighted by atomic mass is 79.9. The molecule has 5 heteroatoms. The topological polar surface area (TPSA) is 58.2 Å². The second-order valence-corrected chi connectivity index (χ2v) is 4.93. The zero-order valence-corrected chi connectivity index (χ0v) is 12.6. The van der Waals surface area contributed by atoms with Gasteiger partial charge in [-0.1, -0.05) is 22.0 Å². The van der Waals surface area contributed by atoms with Gasteiger partial charge in [-0.25, -0.2) is 0 Å². The lowest BCUT2D eigenvalue weighted by Crippen LogP contribution is -2.22. The fraction of sp³-hybridized carbons (Fsp3) is 0.429. The van der Waals surface area contributed by atoms with Crippen molar-refractivity contribution in [1.82, 2.24) is 5.32 Å². The lowest BCUT2D eigenvalue weighted by atomic mass is 10.1. The lowest BCUT2D eigenvalue weighted by molar-refractivity contribution is -0.116. The summed E-state index contributed by atoms with van der Waals surface area (Å²) in [5.41, 5.74) is 1.22. The molecule has 0 aromatic heterocycles. The summed E-state index contributed by atoms with van der Waals surface area (Å²) in [7, 11) is 0. The maximum atomic E-state index is 11.7. The maximum Gasteiger partial charge on any atom is 0.251 e. The summed E-state index contributed by atoms with van der Waals surface area (Å²) in [5.74, 6) is -0.146. The zero-order valence-electron chi connectivity index (χ0n) is 11.0. The second kappa shape index (κ2) is 8.69. The molecule has 1 aromatic rings. The molecule has 19 heavy (non-hydrogen) atoms. The number of alkyl halides is 1. The first-order valence-corrected chi connectivity index (χ1v) is 7.53. The van der Waals surface area contributed by atoms with Gasteiger partial charge in [0.1, 0.15) is 0 Å². The van der Waals surface area contributed by atoms with Crippen molar-refractivity contribution in [3.05, 3.63) is 29.8 Å². The van der Waals surface area contributed by atoms with E-state index in [2.05, 4.69) is 26.6 Å². The molecule has 0 saturated carbocycles. The Morgan fingerprint density at radius 2 is 2.05 bits per heavy atom. The van der Waals surface area contributed by atoms with Crippen LogP contribution in [0.3, 0.4) is 0 Å². The van der Waals surface area contributed by atoms with E-state index in [9.17, 15) is 9.59 Å². The minimum Gasteiger partial charge on any atom is -0.352 e. The van der Waals surface area contributed by atoms with Gasteiger partial charge in [0.15, 0.2) is 0 Å². The number of carbonyl (C=O) groups is 2. The molecule has 0 saturated heterocycles. The molecule has 0 radical (unpaired) electrons. The number of halogens is 1. The van der Waals surface area contributed by atoms with E-state index in [0.717, 1.165) is 18.2 Å². The molecule has 4 nitrogen and oxygen atoms in total. The molecular formula is C14H19BrN2O2. The molecule has 0 spiro atoms. The first kappa shape index (κ1) is 15.7. The summed E-state index contributed by atoms with van der Waals surface area (Å²) >= 11 is 3.33. The van der Waals surface area contributed by atoms with E-state index in [0.29, 0.717) is 24.2 Å².